The van der Waals surface area contributed by atoms with Crippen LogP contribution < -0.4 is 0 Å². The van der Waals surface area contributed by atoms with Gasteiger partial charge in [0, 0.05) is 38.6 Å². The minimum absolute atomic E-state index is 0.0647. The van der Waals surface area contributed by atoms with Gasteiger partial charge in [-0.3, -0.25) is 9.78 Å². The van der Waals surface area contributed by atoms with Gasteiger partial charge in [0.15, 0.2) is 0 Å². The van der Waals surface area contributed by atoms with Crippen molar-refractivity contribution in [3.8, 4) is 0 Å². The van der Waals surface area contributed by atoms with Crippen LogP contribution >= 0.6 is 0 Å². The first-order valence-corrected chi connectivity index (χ1v) is 9.89. The number of carbonyl (C=O) groups is 1. The molecule has 1 aromatic rings. The van der Waals surface area contributed by atoms with Crippen LogP contribution in [0.25, 0.3) is 0 Å². The molecule has 7 heteroatoms. The number of sulfonamides is 1. The maximum Gasteiger partial charge on any atom is 0.227 e. The number of piperidine rings is 1. The number of likely N-dealkylation sites (N-methyl/N-ethyl adjacent to an activating group) is 1. The van der Waals surface area contributed by atoms with Crippen molar-refractivity contribution >= 4 is 15.9 Å². The van der Waals surface area contributed by atoms with E-state index in [1.54, 1.807) is 12.4 Å². The van der Waals surface area contributed by atoms with Crippen LogP contribution in [0.4, 0.5) is 0 Å². The minimum Gasteiger partial charge on any atom is -0.342 e. The van der Waals surface area contributed by atoms with Crippen molar-refractivity contribution in [1.82, 2.24) is 14.2 Å². The number of nitrogens with zero attached hydrogens (tertiary/aromatic N) is 3. The highest BCUT2D eigenvalue weighted by Crippen LogP contribution is 2.21. The maximum atomic E-state index is 12.7. The van der Waals surface area contributed by atoms with Crippen LogP contribution in [-0.4, -0.2) is 60.9 Å². The van der Waals surface area contributed by atoms with Gasteiger partial charge in [0.25, 0.3) is 0 Å². The van der Waals surface area contributed by atoms with Gasteiger partial charge in [-0.2, -0.15) is 0 Å². The Morgan fingerprint density at radius 2 is 2.09 bits per heavy atom. The van der Waals surface area contributed by atoms with Crippen LogP contribution in [0.2, 0.25) is 0 Å². The molecule has 0 spiro atoms. The van der Waals surface area contributed by atoms with E-state index in [0.717, 1.165) is 24.8 Å². The quantitative estimate of drug-likeness (QED) is 0.779. The Morgan fingerprint density at radius 3 is 2.70 bits per heavy atom. The van der Waals surface area contributed by atoms with Crippen molar-refractivity contribution < 1.29 is 13.2 Å². The SMILES string of the molecule is CCN(CCc1ccncc1)C(=O)C1CCCN(S(C)(=O)=O)C1. The molecule has 6 nitrogen and oxygen atoms in total. The summed E-state index contributed by atoms with van der Waals surface area (Å²) in [5, 5.41) is 0. The summed E-state index contributed by atoms with van der Waals surface area (Å²) in [4.78, 5) is 18.5. The predicted octanol–water partition coefficient (Wildman–Crippen LogP) is 1.14. The molecule has 0 saturated carbocycles. The van der Waals surface area contributed by atoms with Crippen LogP contribution in [0, 0.1) is 5.92 Å². The summed E-state index contributed by atoms with van der Waals surface area (Å²) in [6, 6.07) is 3.90. The van der Waals surface area contributed by atoms with Gasteiger partial charge >= 0.3 is 0 Å². The van der Waals surface area contributed by atoms with Crippen molar-refractivity contribution in [3.63, 3.8) is 0 Å². The van der Waals surface area contributed by atoms with Gasteiger partial charge < -0.3 is 4.90 Å². The van der Waals surface area contributed by atoms with Crippen LogP contribution in [-0.2, 0) is 21.2 Å². The predicted molar refractivity (Wildman–Crippen MR) is 89.3 cm³/mol. The molecule has 1 aliphatic heterocycles. The molecule has 1 fully saturated rings. The van der Waals surface area contributed by atoms with Gasteiger partial charge in [-0.25, -0.2) is 12.7 Å². The number of carbonyl (C=O) groups excluding carboxylic acids is 1. The standard InChI is InChI=1S/C16H25N3O3S/c1-3-18(12-8-14-6-9-17-10-7-14)16(20)15-5-4-11-19(13-15)23(2,21)22/h6-7,9-10,15H,3-5,8,11-13H2,1-2H3. The van der Waals surface area contributed by atoms with E-state index in [9.17, 15) is 13.2 Å². The highest BCUT2D eigenvalue weighted by atomic mass is 32.2. The van der Waals surface area contributed by atoms with Gasteiger partial charge in [-0.05, 0) is 43.9 Å². The summed E-state index contributed by atoms with van der Waals surface area (Å²) < 4.78 is 24.8. The van der Waals surface area contributed by atoms with Crippen LogP contribution in [0.15, 0.2) is 24.5 Å². The summed E-state index contributed by atoms with van der Waals surface area (Å²) in [5.41, 5.74) is 1.15. The van der Waals surface area contributed by atoms with Crippen molar-refractivity contribution in [2.75, 3.05) is 32.4 Å². The number of hydrogen-bond donors (Lipinski definition) is 0. The van der Waals surface area contributed by atoms with Crippen molar-refractivity contribution in [2.45, 2.75) is 26.2 Å². The average molecular weight is 339 g/mol. The molecule has 23 heavy (non-hydrogen) atoms. The monoisotopic (exact) mass is 339 g/mol. The average Bonchev–Trinajstić information content (AvgIpc) is 2.55. The van der Waals surface area contributed by atoms with E-state index in [1.165, 1.54) is 10.6 Å². The molecule has 1 aliphatic rings. The molecule has 2 rings (SSSR count). The summed E-state index contributed by atoms with van der Waals surface area (Å²) >= 11 is 0. The number of pyridine rings is 1. The van der Waals surface area contributed by atoms with E-state index in [0.29, 0.717) is 26.2 Å². The van der Waals surface area contributed by atoms with E-state index in [-0.39, 0.29) is 11.8 Å². The molecule has 1 amide bonds. The van der Waals surface area contributed by atoms with Gasteiger partial charge in [0.1, 0.15) is 0 Å². The molecule has 0 radical (unpaired) electrons. The molecule has 128 valence electrons. The summed E-state index contributed by atoms with van der Waals surface area (Å²) in [6.07, 6.45) is 6.99. The molecular weight excluding hydrogens is 314 g/mol. The third kappa shape index (κ3) is 5.00. The molecular formula is C16H25N3O3S. The Labute approximate surface area is 138 Å². The fourth-order valence-corrected chi connectivity index (χ4v) is 3.85. The molecule has 1 saturated heterocycles. The van der Waals surface area contributed by atoms with Crippen molar-refractivity contribution in [2.24, 2.45) is 5.92 Å². The van der Waals surface area contributed by atoms with E-state index < -0.39 is 10.0 Å². The zero-order valence-corrected chi connectivity index (χ0v) is 14.6. The Bertz CT molecular complexity index is 619. The lowest BCUT2D eigenvalue weighted by Gasteiger charge is -2.33. The molecule has 0 N–H and O–H groups in total. The molecule has 0 aliphatic carbocycles. The number of aromatic nitrogens is 1. The first-order chi connectivity index (χ1) is 10.9. The van der Waals surface area contributed by atoms with Gasteiger partial charge in [0.05, 0.1) is 12.2 Å². The fourth-order valence-electron chi connectivity index (χ4n) is 2.94. The van der Waals surface area contributed by atoms with Crippen LogP contribution in [0.1, 0.15) is 25.3 Å². The lowest BCUT2D eigenvalue weighted by atomic mass is 9.98. The molecule has 1 unspecified atom stereocenters. The zero-order valence-electron chi connectivity index (χ0n) is 13.8. The fraction of sp³-hybridized carbons (Fsp3) is 0.625. The normalized spacial score (nSPS) is 19.5. The highest BCUT2D eigenvalue weighted by Gasteiger charge is 2.32. The minimum atomic E-state index is -3.22. The number of hydrogen-bond acceptors (Lipinski definition) is 4. The Hall–Kier alpha value is -1.47. The van der Waals surface area contributed by atoms with E-state index >= 15 is 0 Å². The Morgan fingerprint density at radius 1 is 1.39 bits per heavy atom. The third-order valence-electron chi connectivity index (χ3n) is 4.32. The molecule has 1 aromatic heterocycles. The lowest BCUT2D eigenvalue weighted by Crippen LogP contribution is -2.46. The van der Waals surface area contributed by atoms with Crippen molar-refractivity contribution in [3.05, 3.63) is 30.1 Å². The van der Waals surface area contributed by atoms with Crippen LogP contribution in [0.3, 0.4) is 0 Å². The van der Waals surface area contributed by atoms with E-state index in [4.69, 9.17) is 0 Å². The molecule has 1 atom stereocenters. The second-order valence-corrected chi connectivity index (χ2v) is 7.97. The first-order valence-electron chi connectivity index (χ1n) is 8.04. The van der Waals surface area contributed by atoms with Crippen LogP contribution in [0.5, 0.6) is 0 Å². The molecule has 0 aromatic carbocycles. The topological polar surface area (TPSA) is 70.6 Å². The van der Waals surface area contributed by atoms with Gasteiger partial charge in [-0.15, -0.1) is 0 Å². The zero-order chi connectivity index (χ0) is 16.9. The third-order valence-corrected chi connectivity index (χ3v) is 5.59. The molecule has 2 heterocycles. The van der Waals surface area contributed by atoms with Gasteiger partial charge in [-0.1, -0.05) is 0 Å². The molecule has 0 bridgehead atoms. The maximum absolute atomic E-state index is 12.7. The largest absolute Gasteiger partial charge is 0.342 e. The second kappa shape index (κ2) is 7.88. The Balaban J connectivity index is 1.96. The summed E-state index contributed by atoms with van der Waals surface area (Å²) in [5.74, 6) is -0.161. The first kappa shape index (κ1) is 17.9. The van der Waals surface area contributed by atoms with E-state index in [1.807, 2.05) is 24.0 Å². The smallest absolute Gasteiger partial charge is 0.227 e. The van der Waals surface area contributed by atoms with Gasteiger partial charge in [0.2, 0.25) is 15.9 Å². The lowest BCUT2D eigenvalue weighted by molar-refractivity contribution is -0.136. The highest BCUT2D eigenvalue weighted by molar-refractivity contribution is 7.88. The van der Waals surface area contributed by atoms with Crippen molar-refractivity contribution in [1.29, 1.82) is 0 Å². The number of amides is 1. The summed E-state index contributed by atoms with van der Waals surface area (Å²) in [7, 11) is -3.22. The van der Waals surface area contributed by atoms with E-state index in [2.05, 4.69) is 4.98 Å². The Kier molecular flexibility index (Phi) is 6.12. The number of rotatable bonds is 6. The second-order valence-electron chi connectivity index (χ2n) is 5.98. The summed E-state index contributed by atoms with van der Waals surface area (Å²) in [6.45, 7) is 4.07.